The van der Waals surface area contributed by atoms with E-state index in [4.69, 9.17) is 0 Å². The molecule has 0 radical (unpaired) electrons. The van der Waals surface area contributed by atoms with Crippen LogP contribution < -0.4 is 8.61 Å². The molecule has 0 aliphatic rings. The summed E-state index contributed by atoms with van der Waals surface area (Å²) in [6, 6.07) is 32.2. The van der Waals surface area contributed by atoms with Gasteiger partial charge in [0, 0.05) is 13.1 Å². The first kappa shape index (κ1) is 33.3. The molecule has 0 spiro atoms. The minimum absolute atomic E-state index is 0.278. The van der Waals surface area contributed by atoms with Crippen molar-refractivity contribution >= 4 is 31.4 Å². The van der Waals surface area contributed by atoms with Crippen LogP contribution in [0.2, 0.25) is 0 Å². The van der Waals surface area contributed by atoms with Gasteiger partial charge in [0.2, 0.25) is 0 Å². The molecule has 0 N–H and O–H groups in total. The van der Waals surface area contributed by atoms with Crippen LogP contribution in [0.15, 0.2) is 119 Å². The topological polar surface area (TPSA) is 74.8 Å². The Morgan fingerprint density at radius 2 is 0.773 bits per heavy atom. The van der Waals surface area contributed by atoms with E-state index in [-0.39, 0.29) is 9.79 Å². The van der Waals surface area contributed by atoms with Crippen LogP contribution in [0, 0.1) is 0 Å². The monoisotopic (exact) mass is 632 g/mol. The van der Waals surface area contributed by atoms with E-state index in [1.807, 2.05) is 60.7 Å². The normalized spacial score (nSPS) is 11.8. The second-order valence-electron chi connectivity index (χ2n) is 11.0. The zero-order valence-electron chi connectivity index (χ0n) is 25.8. The summed E-state index contributed by atoms with van der Waals surface area (Å²) in [4.78, 5) is 0.555. The van der Waals surface area contributed by atoms with Crippen LogP contribution in [0.4, 0.5) is 11.4 Å². The average molecular weight is 633 g/mol. The first-order chi connectivity index (χ1) is 21.3. The first-order valence-electron chi connectivity index (χ1n) is 15.6. The van der Waals surface area contributed by atoms with E-state index in [1.54, 1.807) is 48.5 Å². The molecule has 4 aromatic rings. The molecule has 0 amide bonds. The van der Waals surface area contributed by atoms with Crippen molar-refractivity contribution in [3.8, 4) is 11.1 Å². The molecule has 0 aliphatic heterocycles. The summed E-state index contributed by atoms with van der Waals surface area (Å²) >= 11 is 0. The van der Waals surface area contributed by atoms with Crippen molar-refractivity contribution in [2.45, 2.75) is 75.0 Å². The maximum Gasteiger partial charge on any atom is 0.264 e. The number of benzene rings is 4. The van der Waals surface area contributed by atoms with Crippen molar-refractivity contribution < 1.29 is 16.8 Å². The molecule has 0 saturated heterocycles. The largest absolute Gasteiger partial charge is 0.266 e. The zero-order chi connectivity index (χ0) is 31.4. The average Bonchev–Trinajstić information content (AvgIpc) is 3.06. The number of hydrogen-bond donors (Lipinski definition) is 0. The SMILES string of the molecule is CCCCCCN(c1ccc(-c2ccc(N(CCCCCC)S(=O)(=O)c3ccccc3)cc2)cc1)S(=O)(=O)c1ccccc1. The molecule has 0 saturated carbocycles. The fourth-order valence-electron chi connectivity index (χ4n) is 5.22. The van der Waals surface area contributed by atoms with E-state index in [0.717, 1.165) is 62.5 Å². The summed E-state index contributed by atoms with van der Waals surface area (Å²) in [6.45, 7) is 5.10. The van der Waals surface area contributed by atoms with E-state index in [2.05, 4.69) is 13.8 Å². The van der Waals surface area contributed by atoms with Crippen molar-refractivity contribution in [1.29, 1.82) is 0 Å². The molecule has 4 rings (SSSR count). The fourth-order valence-corrected chi connectivity index (χ4v) is 8.27. The standard InChI is InChI=1S/C36H44N2O4S2/c1-3-5-7-15-29-37(43(39,40)35-17-11-9-12-18-35)33-25-21-31(22-26-33)32-23-27-34(28-24-32)38(30-16-8-6-4-2)44(41,42)36-19-13-10-14-20-36/h9-14,17-28H,3-8,15-16,29-30H2,1-2H3. The molecule has 4 aromatic carbocycles. The summed E-state index contributed by atoms with van der Waals surface area (Å²) in [5.41, 5.74) is 3.09. The van der Waals surface area contributed by atoms with E-state index in [9.17, 15) is 16.8 Å². The number of hydrogen-bond acceptors (Lipinski definition) is 4. The first-order valence-corrected chi connectivity index (χ1v) is 18.5. The highest BCUT2D eigenvalue weighted by Gasteiger charge is 2.26. The van der Waals surface area contributed by atoms with Gasteiger partial charge in [0.15, 0.2) is 0 Å². The zero-order valence-corrected chi connectivity index (χ0v) is 27.4. The van der Waals surface area contributed by atoms with Gasteiger partial charge in [-0.3, -0.25) is 8.61 Å². The lowest BCUT2D eigenvalue weighted by Gasteiger charge is -2.25. The fraction of sp³-hybridized carbons (Fsp3) is 0.333. The van der Waals surface area contributed by atoms with E-state index in [0.29, 0.717) is 24.5 Å². The number of unbranched alkanes of at least 4 members (excludes halogenated alkanes) is 6. The molecule has 0 heterocycles. The molecule has 0 fully saturated rings. The Labute approximate surface area is 264 Å². The van der Waals surface area contributed by atoms with Gasteiger partial charge in [0.05, 0.1) is 21.2 Å². The predicted octanol–water partition coefficient (Wildman–Crippen LogP) is 8.90. The quantitative estimate of drug-likeness (QED) is 0.109. The summed E-state index contributed by atoms with van der Waals surface area (Å²) in [5.74, 6) is 0. The molecule has 0 aromatic heterocycles. The third-order valence-electron chi connectivity index (χ3n) is 7.74. The van der Waals surface area contributed by atoms with E-state index >= 15 is 0 Å². The molecule has 6 nitrogen and oxygen atoms in total. The minimum atomic E-state index is -3.71. The van der Waals surface area contributed by atoms with Crippen molar-refractivity contribution in [2.75, 3.05) is 21.7 Å². The maximum absolute atomic E-state index is 13.6. The van der Waals surface area contributed by atoms with Gasteiger partial charge in [-0.15, -0.1) is 0 Å². The van der Waals surface area contributed by atoms with Gasteiger partial charge in [-0.1, -0.05) is 113 Å². The third kappa shape index (κ3) is 8.30. The molecule has 0 atom stereocenters. The highest BCUT2D eigenvalue weighted by atomic mass is 32.2. The lowest BCUT2D eigenvalue weighted by Crippen LogP contribution is -2.32. The van der Waals surface area contributed by atoms with Gasteiger partial charge in [-0.25, -0.2) is 16.8 Å². The second-order valence-corrected chi connectivity index (χ2v) is 14.7. The Bertz CT molecular complexity index is 1510. The van der Waals surface area contributed by atoms with Crippen molar-refractivity contribution in [1.82, 2.24) is 0 Å². The lowest BCUT2D eigenvalue weighted by atomic mass is 10.0. The van der Waals surface area contributed by atoms with Crippen LogP contribution in [0.3, 0.4) is 0 Å². The number of sulfonamides is 2. The van der Waals surface area contributed by atoms with E-state index in [1.165, 1.54) is 8.61 Å². The molecular weight excluding hydrogens is 589 g/mol. The Morgan fingerprint density at radius 1 is 0.432 bits per heavy atom. The summed E-state index contributed by atoms with van der Waals surface area (Å²) < 4.78 is 57.5. The summed E-state index contributed by atoms with van der Waals surface area (Å²) in [6.07, 6.45) is 7.79. The summed E-state index contributed by atoms with van der Waals surface area (Å²) in [7, 11) is -7.42. The minimum Gasteiger partial charge on any atom is -0.266 e. The number of nitrogens with zero attached hydrogens (tertiary/aromatic N) is 2. The number of rotatable bonds is 17. The van der Waals surface area contributed by atoms with Crippen LogP contribution in [-0.2, 0) is 20.0 Å². The number of anilines is 2. The predicted molar refractivity (Wildman–Crippen MR) is 182 cm³/mol. The molecule has 44 heavy (non-hydrogen) atoms. The van der Waals surface area contributed by atoms with Gasteiger partial charge < -0.3 is 0 Å². The van der Waals surface area contributed by atoms with Gasteiger partial charge in [0.25, 0.3) is 20.0 Å². The van der Waals surface area contributed by atoms with Crippen molar-refractivity contribution in [3.05, 3.63) is 109 Å². The highest BCUT2D eigenvalue weighted by molar-refractivity contribution is 7.93. The van der Waals surface area contributed by atoms with Gasteiger partial charge in [0.1, 0.15) is 0 Å². The smallest absolute Gasteiger partial charge is 0.264 e. The molecule has 0 aliphatic carbocycles. The molecular formula is C36H44N2O4S2. The van der Waals surface area contributed by atoms with Crippen LogP contribution in [0.25, 0.3) is 11.1 Å². The Kier molecular flexibility index (Phi) is 12.0. The van der Waals surface area contributed by atoms with Crippen molar-refractivity contribution in [3.63, 3.8) is 0 Å². The van der Waals surface area contributed by atoms with Crippen LogP contribution >= 0.6 is 0 Å². The Balaban J connectivity index is 1.59. The Morgan fingerprint density at radius 3 is 1.09 bits per heavy atom. The van der Waals surface area contributed by atoms with Gasteiger partial charge in [-0.2, -0.15) is 0 Å². The van der Waals surface area contributed by atoms with Crippen LogP contribution in [0.5, 0.6) is 0 Å². The molecule has 0 bridgehead atoms. The van der Waals surface area contributed by atoms with Crippen molar-refractivity contribution in [2.24, 2.45) is 0 Å². The maximum atomic E-state index is 13.6. The van der Waals surface area contributed by atoms with Gasteiger partial charge >= 0.3 is 0 Å². The van der Waals surface area contributed by atoms with Crippen LogP contribution in [-0.4, -0.2) is 29.9 Å². The Hall–Kier alpha value is -3.62. The van der Waals surface area contributed by atoms with E-state index < -0.39 is 20.0 Å². The molecule has 0 unspecified atom stereocenters. The highest BCUT2D eigenvalue weighted by Crippen LogP contribution is 2.31. The van der Waals surface area contributed by atoms with Gasteiger partial charge in [-0.05, 0) is 72.5 Å². The summed E-state index contributed by atoms with van der Waals surface area (Å²) in [5, 5.41) is 0. The third-order valence-corrected chi connectivity index (χ3v) is 11.4. The molecule has 8 heteroatoms. The molecule has 234 valence electrons. The van der Waals surface area contributed by atoms with Crippen LogP contribution in [0.1, 0.15) is 65.2 Å². The lowest BCUT2D eigenvalue weighted by molar-refractivity contribution is 0.584. The second kappa shape index (κ2) is 15.9.